The number of non-ortho nitro benzene ring substituents is 1. The number of esters is 2. The smallest absolute Gasteiger partial charge is 0.338 e. The summed E-state index contributed by atoms with van der Waals surface area (Å²) in [5, 5.41) is 13.5. The van der Waals surface area contributed by atoms with Crippen LogP contribution in [0.4, 0.5) is 15.8 Å². The molecular weight excluding hydrogens is 577 g/mol. The van der Waals surface area contributed by atoms with Crippen molar-refractivity contribution in [2.24, 2.45) is 11.7 Å². The fourth-order valence-corrected chi connectivity index (χ4v) is 6.63. The number of hydrogen-bond donors (Lipinski definition) is 1. The number of ketones is 1. The van der Waals surface area contributed by atoms with E-state index >= 15 is 4.39 Å². The van der Waals surface area contributed by atoms with Crippen molar-refractivity contribution in [2.75, 3.05) is 18.1 Å². The molecule has 1 aromatic heterocycles. The third-order valence-electron chi connectivity index (χ3n) is 7.49. The Morgan fingerprint density at radius 3 is 2.49 bits per heavy atom. The molecule has 12 heteroatoms. The lowest BCUT2D eigenvalue weighted by Crippen LogP contribution is -2.46. The number of ether oxygens (including phenoxy) is 2. The summed E-state index contributed by atoms with van der Waals surface area (Å²) in [5.41, 5.74) is 6.70. The topological polar surface area (TPSA) is 142 Å². The molecule has 2 heterocycles. The van der Waals surface area contributed by atoms with Crippen LogP contribution in [-0.2, 0) is 23.9 Å². The maximum absolute atomic E-state index is 15.4. The zero-order valence-corrected chi connectivity index (χ0v) is 24.1. The van der Waals surface area contributed by atoms with E-state index in [-0.39, 0.29) is 59.2 Å². The molecule has 2 aromatic carbocycles. The fourth-order valence-electron chi connectivity index (χ4n) is 5.77. The van der Waals surface area contributed by atoms with E-state index in [9.17, 15) is 24.5 Å². The number of benzene rings is 2. The minimum absolute atomic E-state index is 0.00753. The summed E-state index contributed by atoms with van der Waals surface area (Å²) in [5.74, 6) is -6.34. The molecule has 10 nitrogen and oxygen atoms in total. The van der Waals surface area contributed by atoms with Crippen molar-refractivity contribution < 1.29 is 33.2 Å². The quantitative estimate of drug-likeness (QED) is 0.156. The van der Waals surface area contributed by atoms with Gasteiger partial charge in [0.25, 0.3) is 5.69 Å². The number of nitro groups is 1. The first-order valence-electron chi connectivity index (χ1n) is 13.6. The Labute approximate surface area is 250 Å². The molecule has 0 amide bonds. The van der Waals surface area contributed by atoms with Gasteiger partial charge in [0.15, 0.2) is 5.78 Å². The summed E-state index contributed by atoms with van der Waals surface area (Å²) in [6.07, 6.45) is 0.0572. The van der Waals surface area contributed by atoms with E-state index in [0.717, 1.165) is 4.88 Å². The molecule has 3 aromatic rings. The third-order valence-corrected chi connectivity index (χ3v) is 8.50. The molecule has 5 rings (SSSR count). The van der Waals surface area contributed by atoms with Crippen molar-refractivity contribution in [3.63, 3.8) is 0 Å². The second-order valence-electron chi connectivity index (χ2n) is 9.87. The van der Waals surface area contributed by atoms with Crippen molar-refractivity contribution in [2.45, 2.75) is 32.1 Å². The highest BCUT2D eigenvalue weighted by molar-refractivity contribution is 7.10. The molecule has 43 heavy (non-hydrogen) atoms. The van der Waals surface area contributed by atoms with E-state index in [1.807, 2.05) is 5.38 Å². The Morgan fingerprint density at radius 2 is 1.84 bits per heavy atom. The van der Waals surface area contributed by atoms with Crippen LogP contribution < -0.4 is 10.6 Å². The number of carbonyl (C=O) groups is 3. The van der Waals surface area contributed by atoms with Crippen LogP contribution in [-0.4, -0.2) is 35.9 Å². The number of rotatable bonds is 8. The number of hydrogen-bond acceptors (Lipinski definition) is 10. The first kappa shape index (κ1) is 29.6. The van der Waals surface area contributed by atoms with E-state index < -0.39 is 46.2 Å². The van der Waals surface area contributed by atoms with Gasteiger partial charge in [0.2, 0.25) is 0 Å². The normalized spacial score (nSPS) is 20.1. The molecule has 1 aliphatic heterocycles. The number of halogens is 1. The van der Waals surface area contributed by atoms with Gasteiger partial charge in [0.05, 0.1) is 35.3 Å². The first-order chi connectivity index (χ1) is 20.7. The average Bonchev–Trinajstić information content (AvgIpc) is 3.52. The molecule has 2 N–H and O–H groups in total. The molecule has 0 unspecified atom stereocenters. The van der Waals surface area contributed by atoms with E-state index in [1.54, 1.807) is 32.0 Å². The molecular formula is C31H28FN3O7S. The average molecular weight is 606 g/mol. The Morgan fingerprint density at radius 1 is 1.09 bits per heavy atom. The first-order valence-corrected chi connectivity index (χ1v) is 14.5. The maximum Gasteiger partial charge on any atom is 0.338 e. The van der Waals surface area contributed by atoms with Crippen LogP contribution in [0, 0.1) is 21.8 Å². The number of nitro benzene ring substituents is 1. The molecule has 3 atom stereocenters. The van der Waals surface area contributed by atoms with E-state index in [2.05, 4.69) is 0 Å². The zero-order valence-electron chi connectivity index (χ0n) is 23.3. The number of allylic oxidation sites excluding steroid dienone is 2. The second kappa shape index (κ2) is 12.2. The van der Waals surface area contributed by atoms with Crippen LogP contribution in [0.5, 0.6) is 0 Å². The molecule has 222 valence electrons. The molecule has 0 fully saturated rings. The lowest BCUT2D eigenvalue weighted by atomic mass is 9.68. The van der Waals surface area contributed by atoms with Crippen LogP contribution in [0.15, 0.2) is 88.7 Å². The number of Topliss-reactive ketones (excluding diaryl/α,β-unsaturated/α-hetero) is 1. The number of nitrogens with two attached hydrogens (primary N) is 1. The van der Waals surface area contributed by atoms with Gasteiger partial charge in [-0.3, -0.25) is 24.6 Å². The number of carbonyl (C=O) groups excluding carboxylic acids is 3. The van der Waals surface area contributed by atoms with Gasteiger partial charge >= 0.3 is 11.9 Å². The SMILES string of the molecule is CCOC(=O)C1=C(N)N(c2ccccc2F)C2=C(C(=O)[C@H](C(=O)OCC)[C@H](c3cccs3)C2)[C@H]1c1cccc([N+](=O)[O-])c1. The summed E-state index contributed by atoms with van der Waals surface area (Å²) >= 11 is 1.36. The van der Waals surface area contributed by atoms with Gasteiger partial charge < -0.3 is 15.2 Å². The fraction of sp³-hybridized carbons (Fsp3) is 0.258. The molecule has 0 saturated carbocycles. The van der Waals surface area contributed by atoms with Gasteiger partial charge in [-0.25, -0.2) is 9.18 Å². The Kier molecular flexibility index (Phi) is 8.40. The van der Waals surface area contributed by atoms with E-state index in [4.69, 9.17) is 15.2 Å². The Hall–Kier alpha value is -4.84. The molecule has 0 saturated heterocycles. The van der Waals surface area contributed by atoms with Gasteiger partial charge in [0, 0.05) is 34.2 Å². The highest BCUT2D eigenvalue weighted by atomic mass is 32.1. The van der Waals surface area contributed by atoms with Crippen LogP contribution in [0.2, 0.25) is 0 Å². The lowest BCUT2D eigenvalue weighted by Gasteiger charge is -2.43. The van der Waals surface area contributed by atoms with Gasteiger partial charge in [-0.1, -0.05) is 30.3 Å². The zero-order chi connectivity index (χ0) is 30.8. The van der Waals surface area contributed by atoms with Crippen molar-refractivity contribution in [3.05, 3.63) is 115 Å². The molecule has 2 aliphatic rings. The number of para-hydroxylation sites is 1. The highest BCUT2D eigenvalue weighted by Crippen LogP contribution is 2.52. The second-order valence-corrected chi connectivity index (χ2v) is 10.9. The van der Waals surface area contributed by atoms with Gasteiger partial charge in [-0.15, -0.1) is 11.3 Å². The lowest BCUT2D eigenvalue weighted by molar-refractivity contribution is -0.384. The number of anilines is 1. The number of thiophene rings is 1. The van der Waals surface area contributed by atoms with E-state index in [1.165, 1.54) is 58.7 Å². The summed E-state index contributed by atoms with van der Waals surface area (Å²) in [4.78, 5) is 54.8. The van der Waals surface area contributed by atoms with Crippen molar-refractivity contribution >= 4 is 40.4 Å². The maximum atomic E-state index is 15.4. The summed E-state index contributed by atoms with van der Waals surface area (Å²) in [6, 6.07) is 14.9. The van der Waals surface area contributed by atoms with Crippen molar-refractivity contribution in [1.29, 1.82) is 0 Å². The standard InChI is InChI=1S/C31H28FN3O7S/c1-3-41-30(37)25-19(23-13-8-14-43-23)16-22-26(28(25)36)24(17-9-7-10-18(15-17)35(39)40)27(31(38)42-4-2)29(33)34(22)21-12-6-5-11-20(21)32/h5-15,19,24-25H,3-4,16,33H2,1-2H3/t19-,24+,25+/m0/s1. The monoisotopic (exact) mass is 605 g/mol. The van der Waals surface area contributed by atoms with Gasteiger partial charge in [0.1, 0.15) is 17.6 Å². The van der Waals surface area contributed by atoms with Crippen LogP contribution in [0.1, 0.15) is 42.5 Å². The number of nitrogens with zero attached hydrogens (tertiary/aromatic N) is 2. The third kappa shape index (κ3) is 5.29. The molecule has 0 radical (unpaired) electrons. The minimum Gasteiger partial charge on any atom is -0.465 e. The predicted octanol–water partition coefficient (Wildman–Crippen LogP) is 5.32. The largest absolute Gasteiger partial charge is 0.465 e. The van der Waals surface area contributed by atoms with Crippen LogP contribution >= 0.6 is 11.3 Å². The van der Waals surface area contributed by atoms with Crippen LogP contribution in [0.25, 0.3) is 0 Å². The van der Waals surface area contributed by atoms with Gasteiger partial charge in [-0.05, 0) is 49.4 Å². The summed E-state index contributed by atoms with van der Waals surface area (Å²) in [7, 11) is 0. The highest BCUT2D eigenvalue weighted by Gasteiger charge is 2.52. The molecule has 0 bridgehead atoms. The summed E-state index contributed by atoms with van der Waals surface area (Å²) in [6.45, 7) is 3.21. The Balaban J connectivity index is 1.85. The summed E-state index contributed by atoms with van der Waals surface area (Å²) < 4.78 is 26.1. The predicted molar refractivity (Wildman–Crippen MR) is 156 cm³/mol. The molecule has 1 aliphatic carbocycles. The van der Waals surface area contributed by atoms with Gasteiger partial charge in [-0.2, -0.15) is 0 Å². The van der Waals surface area contributed by atoms with E-state index in [0.29, 0.717) is 0 Å². The van der Waals surface area contributed by atoms with Crippen molar-refractivity contribution in [1.82, 2.24) is 0 Å². The van der Waals surface area contributed by atoms with Crippen molar-refractivity contribution in [3.8, 4) is 0 Å². The van der Waals surface area contributed by atoms with Crippen LogP contribution in [0.3, 0.4) is 0 Å². The minimum atomic E-state index is -1.29. The Bertz CT molecular complexity index is 1670. The molecule has 0 spiro atoms.